The number of carbonyl (C=O) groups is 1. The monoisotopic (exact) mass is 421 g/mol. The lowest BCUT2D eigenvalue weighted by Gasteiger charge is -2.35. The maximum Gasteiger partial charge on any atom is 0.332 e. The molecule has 8 heteroatoms. The van der Waals surface area contributed by atoms with E-state index in [1.165, 1.54) is 18.5 Å². The first-order chi connectivity index (χ1) is 14.8. The normalized spacial score (nSPS) is 17.1. The molecule has 162 valence electrons. The molecule has 1 saturated heterocycles. The number of aryl methyl sites for hydroxylation is 1. The third-order valence-electron chi connectivity index (χ3n) is 5.94. The Bertz CT molecular complexity index is 1240. The number of hydrogen-bond donors (Lipinski definition) is 1. The van der Waals surface area contributed by atoms with Crippen LogP contribution in [0, 0.1) is 0 Å². The molecule has 1 aromatic carbocycles. The minimum atomic E-state index is -0.373. The summed E-state index contributed by atoms with van der Waals surface area (Å²) >= 11 is 0. The number of rotatable bonds is 4. The molecular weight excluding hydrogens is 394 g/mol. The van der Waals surface area contributed by atoms with Gasteiger partial charge in [0.1, 0.15) is 5.65 Å². The first-order valence-corrected chi connectivity index (χ1v) is 10.5. The summed E-state index contributed by atoms with van der Waals surface area (Å²) in [4.78, 5) is 43.2. The molecule has 0 bridgehead atoms. The number of benzene rings is 1. The Hall–Kier alpha value is -3.26. The first-order valence-electron chi connectivity index (χ1n) is 10.5. The molecule has 0 saturated carbocycles. The van der Waals surface area contributed by atoms with Crippen molar-refractivity contribution in [1.29, 1.82) is 0 Å². The second kappa shape index (κ2) is 8.47. The highest BCUT2D eigenvalue weighted by atomic mass is 16.2. The van der Waals surface area contributed by atoms with Crippen molar-refractivity contribution >= 4 is 22.6 Å². The second-order valence-electron chi connectivity index (χ2n) is 8.17. The molecule has 1 aliphatic rings. The Morgan fingerprint density at radius 1 is 1.06 bits per heavy atom. The van der Waals surface area contributed by atoms with Crippen molar-refractivity contribution in [1.82, 2.24) is 19.0 Å². The van der Waals surface area contributed by atoms with Crippen molar-refractivity contribution < 1.29 is 4.79 Å². The van der Waals surface area contributed by atoms with Gasteiger partial charge < -0.3 is 5.32 Å². The number of nitrogens with zero attached hydrogens (tertiary/aromatic N) is 4. The smallest absolute Gasteiger partial charge is 0.326 e. The Morgan fingerprint density at radius 2 is 1.81 bits per heavy atom. The lowest BCUT2D eigenvalue weighted by Crippen LogP contribution is -2.38. The van der Waals surface area contributed by atoms with Gasteiger partial charge in [-0.2, -0.15) is 0 Å². The highest BCUT2D eigenvalue weighted by Crippen LogP contribution is 2.31. The highest BCUT2D eigenvalue weighted by molar-refractivity contribution is 5.88. The van der Waals surface area contributed by atoms with Gasteiger partial charge in [0.05, 0.1) is 17.1 Å². The Balaban J connectivity index is 1.64. The summed E-state index contributed by atoms with van der Waals surface area (Å²) < 4.78 is 2.55. The summed E-state index contributed by atoms with van der Waals surface area (Å²) in [7, 11) is 3.13. The van der Waals surface area contributed by atoms with E-state index in [0.717, 1.165) is 53.9 Å². The number of pyridine rings is 1. The molecule has 0 spiro atoms. The number of anilines is 1. The van der Waals surface area contributed by atoms with Crippen molar-refractivity contribution in [3.05, 3.63) is 68.5 Å². The molecule has 4 rings (SSSR count). The van der Waals surface area contributed by atoms with Crippen LogP contribution >= 0.6 is 0 Å². The van der Waals surface area contributed by atoms with Crippen molar-refractivity contribution in [2.24, 2.45) is 14.1 Å². The molecule has 3 heterocycles. The molecular formula is C23H27N5O3. The number of aromatic nitrogens is 3. The molecule has 0 unspecified atom stereocenters. The van der Waals surface area contributed by atoms with Crippen molar-refractivity contribution in [2.75, 3.05) is 11.9 Å². The van der Waals surface area contributed by atoms with Gasteiger partial charge in [-0.25, -0.2) is 9.78 Å². The standard InChI is InChI=1S/C23H27N5O3/c1-15(29)24-17-9-7-16(8-10-17)14-28-13-5-4-6-20(28)19-12-11-18-21(25-19)26(2)23(31)27(3)22(18)30/h7-12,20H,4-6,13-14H2,1-3H3,(H,24,29)/t20-/m1/s1. The Labute approximate surface area is 180 Å². The second-order valence-corrected chi connectivity index (χ2v) is 8.17. The van der Waals surface area contributed by atoms with E-state index in [4.69, 9.17) is 4.98 Å². The van der Waals surface area contributed by atoms with E-state index in [-0.39, 0.29) is 23.2 Å². The zero-order valence-corrected chi connectivity index (χ0v) is 18.1. The molecule has 1 aliphatic heterocycles. The van der Waals surface area contributed by atoms with Crippen LogP contribution in [-0.2, 0) is 25.4 Å². The van der Waals surface area contributed by atoms with Gasteiger partial charge in [-0.3, -0.25) is 23.6 Å². The van der Waals surface area contributed by atoms with Gasteiger partial charge in [-0.05, 0) is 49.2 Å². The zero-order valence-electron chi connectivity index (χ0n) is 18.1. The maximum absolute atomic E-state index is 12.5. The van der Waals surface area contributed by atoms with Gasteiger partial charge >= 0.3 is 5.69 Å². The third kappa shape index (κ3) is 4.16. The quantitative estimate of drug-likeness (QED) is 0.698. The van der Waals surface area contributed by atoms with Crippen molar-refractivity contribution in [2.45, 2.75) is 38.8 Å². The molecule has 3 aromatic rings. The summed E-state index contributed by atoms with van der Waals surface area (Å²) in [5.41, 5.74) is 2.55. The van der Waals surface area contributed by atoms with Crippen LogP contribution in [0.15, 0.2) is 46.0 Å². The van der Waals surface area contributed by atoms with E-state index >= 15 is 0 Å². The van der Waals surface area contributed by atoms with Gasteiger partial charge in [-0.1, -0.05) is 18.6 Å². The van der Waals surface area contributed by atoms with E-state index in [1.54, 1.807) is 13.1 Å². The van der Waals surface area contributed by atoms with Crippen LogP contribution < -0.4 is 16.6 Å². The van der Waals surface area contributed by atoms with Crippen LogP contribution in [0.25, 0.3) is 11.0 Å². The number of likely N-dealkylation sites (tertiary alicyclic amines) is 1. The van der Waals surface area contributed by atoms with E-state index < -0.39 is 0 Å². The molecule has 1 amide bonds. The van der Waals surface area contributed by atoms with Crippen LogP contribution in [0.2, 0.25) is 0 Å². The fourth-order valence-corrected chi connectivity index (χ4v) is 4.30. The molecule has 0 aliphatic carbocycles. The molecule has 2 aromatic heterocycles. The largest absolute Gasteiger partial charge is 0.332 e. The average Bonchev–Trinajstić information content (AvgIpc) is 2.77. The number of hydrogen-bond acceptors (Lipinski definition) is 5. The fraction of sp³-hybridized carbons (Fsp3) is 0.391. The average molecular weight is 422 g/mol. The topological polar surface area (TPSA) is 89.2 Å². The molecule has 0 radical (unpaired) electrons. The van der Waals surface area contributed by atoms with Gasteiger partial charge in [-0.15, -0.1) is 0 Å². The van der Waals surface area contributed by atoms with E-state index in [2.05, 4.69) is 10.2 Å². The minimum Gasteiger partial charge on any atom is -0.326 e. The molecule has 31 heavy (non-hydrogen) atoms. The van der Waals surface area contributed by atoms with Crippen LogP contribution in [0.1, 0.15) is 43.5 Å². The van der Waals surface area contributed by atoms with Gasteiger partial charge in [0.25, 0.3) is 5.56 Å². The molecule has 8 nitrogen and oxygen atoms in total. The summed E-state index contributed by atoms with van der Waals surface area (Å²) in [6.45, 7) is 3.21. The van der Waals surface area contributed by atoms with E-state index in [1.807, 2.05) is 30.3 Å². The SMILES string of the molecule is CC(=O)Nc1ccc(CN2CCCC[C@@H]2c2ccc3c(=O)n(C)c(=O)n(C)c3n2)cc1. The van der Waals surface area contributed by atoms with Gasteiger partial charge in [0.2, 0.25) is 5.91 Å². The lowest BCUT2D eigenvalue weighted by atomic mass is 9.97. The summed E-state index contributed by atoms with van der Waals surface area (Å²) in [5, 5.41) is 3.24. The predicted octanol–water partition coefficient (Wildman–Crippen LogP) is 2.32. The predicted molar refractivity (Wildman–Crippen MR) is 120 cm³/mol. The molecule has 1 fully saturated rings. The number of carbonyl (C=O) groups excluding carboxylic acids is 1. The highest BCUT2D eigenvalue weighted by Gasteiger charge is 2.26. The van der Waals surface area contributed by atoms with Gasteiger partial charge in [0, 0.05) is 33.3 Å². The van der Waals surface area contributed by atoms with Crippen LogP contribution in [0.4, 0.5) is 5.69 Å². The minimum absolute atomic E-state index is 0.0875. The van der Waals surface area contributed by atoms with E-state index in [0.29, 0.717) is 11.0 Å². The van der Waals surface area contributed by atoms with Crippen molar-refractivity contribution in [3.63, 3.8) is 0 Å². The molecule has 1 N–H and O–H groups in total. The van der Waals surface area contributed by atoms with Crippen molar-refractivity contribution in [3.8, 4) is 0 Å². The summed E-state index contributed by atoms with van der Waals surface area (Å²) in [5.74, 6) is -0.0875. The number of piperidine rings is 1. The van der Waals surface area contributed by atoms with E-state index in [9.17, 15) is 14.4 Å². The Kier molecular flexibility index (Phi) is 5.73. The number of nitrogens with one attached hydrogen (secondary N) is 1. The zero-order chi connectivity index (χ0) is 22.1. The number of fused-ring (bicyclic) bond motifs is 1. The first kappa shape index (κ1) is 21.0. The molecule has 1 atom stereocenters. The van der Waals surface area contributed by atoms with Crippen LogP contribution in [-0.4, -0.2) is 31.5 Å². The Morgan fingerprint density at radius 3 is 2.52 bits per heavy atom. The number of amides is 1. The maximum atomic E-state index is 12.5. The fourth-order valence-electron chi connectivity index (χ4n) is 4.30. The summed E-state index contributed by atoms with van der Waals surface area (Å²) in [6, 6.07) is 11.7. The third-order valence-corrected chi connectivity index (χ3v) is 5.94. The summed E-state index contributed by atoms with van der Waals surface area (Å²) in [6.07, 6.45) is 3.20. The van der Waals surface area contributed by atoms with Crippen LogP contribution in [0.5, 0.6) is 0 Å². The van der Waals surface area contributed by atoms with Crippen LogP contribution in [0.3, 0.4) is 0 Å². The van der Waals surface area contributed by atoms with Gasteiger partial charge in [0.15, 0.2) is 0 Å². The lowest BCUT2D eigenvalue weighted by molar-refractivity contribution is -0.114.